The second kappa shape index (κ2) is 10.2. The van der Waals surface area contributed by atoms with Crippen molar-refractivity contribution in [1.29, 1.82) is 0 Å². The molecule has 0 bridgehead atoms. The topological polar surface area (TPSA) is 128 Å². The number of carbonyl (C=O) groups excluding carboxylic acids is 2. The molecule has 5 rings (SSSR count). The Hall–Kier alpha value is -4.50. The van der Waals surface area contributed by atoms with Crippen molar-refractivity contribution in [3.8, 4) is 11.3 Å². The SMILES string of the molecule is CC(C)c1ccc(Nc2nc(N)c3c(-c4cccc5c4C=NC5)nn(C(C)C)c3n2)c(F)c1F.O=C=O. The number of benzene rings is 2. The largest absolute Gasteiger partial charge is 0.383 e. The van der Waals surface area contributed by atoms with Crippen LogP contribution >= 0.6 is 0 Å². The van der Waals surface area contributed by atoms with E-state index in [1.54, 1.807) is 24.6 Å². The summed E-state index contributed by atoms with van der Waals surface area (Å²) in [6.45, 7) is 8.21. The molecule has 0 aliphatic carbocycles. The van der Waals surface area contributed by atoms with Crippen molar-refractivity contribution >= 4 is 40.9 Å². The van der Waals surface area contributed by atoms with Gasteiger partial charge in [-0.05, 0) is 37.0 Å². The molecule has 0 fully saturated rings. The number of fused-ring (bicyclic) bond motifs is 2. The van der Waals surface area contributed by atoms with Crippen LogP contribution in [0.2, 0.25) is 0 Å². The van der Waals surface area contributed by atoms with E-state index in [0.29, 0.717) is 28.8 Å². The zero-order valence-corrected chi connectivity index (χ0v) is 20.7. The molecule has 3 heterocycles. The molecular formula is C26H25F2N7O2. The molecule has 2 aromatic heterocycles. The molecule has 190 valence electrons. The highest BCUT2D eigenvalue weighted by Gasteiger charge is 2.24. The maximum Gasteiger partial charge on any atom is 0.373 e. The van der Waals surface area contributed by atoms with Gasteiger partial charge in [-0.2, -0.15) is 24.7 Å². The highest BCUT2D eigenvalue weighted by Crippen LogP contribution is 2.36. The highest BCUT2D eigenvalue weighted by molar-refractivity contribution is 6.04. The van der Waals surface area contributed by atoms with Crippen LogP contribution in [0, 0.1) is 11.6 Å². The number of aromatic nitrogens is 4. The van der Waals surface area contributed by atoms with Crippen molar-refractivity contribution in [3.63, 3.8) is 0 Å². The predicted octanol–water partition coefficient (Wildman–Crippen LogP) is 5.15. The average Bonchev–Trinajstić information content (AvgIpc) is 3.47. The third-order valence-electron chi connectivity index (χ3n) is 5.98. The second-order valence-electron chi connectivity index (χ2n) is 9.06. The molecule has 1 aliphatic rings. The van der Waals surface area contributed by atoms with Gasteiger partial charge in [-0.25, -0.2) is 13.5 Å². The summed E-state index contributed by atoms with van der Waals surface area (Å²) >= 11 is 0. The molecule has 1 aliphatic heterocycles. The van der Waals surface area contributed by atoms with Gasteiger partial charge in [0.25, 0.3) is 0 Å². The van der Waals surface area contributed by atoms with Crippen molar-refractivity contribution in [2.75, 3.05) is 11.1 Å². The minimum atomic E-state index is -0.981. The number of nitrogens with zero attached hydrogens (tertiary/aromatic N) is 5. The van der Waals surface area contributed by atoms with Crippen LogP contribution in [0.3, 0.4) is 0 Å². The van der Waals surface area contributed by atoms with Crippen LogP contribution in [0.25, 0.3) is 22.3 Å². The summed E-state index contributed by atoms with van der Waals surface area (Å²) in [6.07, 6.45) is 2.09. The molecule has 2 aromatic carbocycles. The second-order valence-corrected chi connectivity index (χ2v) is 9.06. The van der Waals surface area contributed by atoms with Gasteiger partial charge >= 0.3 is 6.15 Å². The van der Waals surface area contributed by atoms with Gasteiger partial charge < -0.3 is 11.1 Å². The molecule has 4 aromatic rings. The molecule has 3 N–H and O–H groups in total. The number of nitrogens with two attached hydrogens (primary N) is 1. The van der Waals surface area contributed by atoms with Crippen LogP contribution in [-0.4, -0.2) is 32.1 Å². The Kier molecular flexibility index (Phi) is 7.08. The number of hydrogen-bond donors (Lipinski definition) is 2. The molecule has 0 spiro atoms. The molecule has 0 saturated heterocycles. The summed E-state index contributed by atoms with van der Waals surface area (Å²) in [5.74, 6) is -1.75. The van der Waals surface area contributed by atoms with Gasteiger partial charge in [-0.1, -0.05) is 38.1 Å². The summed E-state index contributed by atoms with van der Waals surface area (Å²) in [7, 11) is 0. The Bertz CT molecular complexity index is 1550. The summed E-state index contributed by atoms with van der Waals surface area (Å²) < 4.78 is 31.0. The molecular weight excluding hydrogens is 480 g/mol. The molecule has 37 heavy (non-hydrogen) atoms. The van der Waals surface area contributed by atoms with Crippen LogP contribution < -0.4 is 11.1 Å². The molecule has 0 saturated carbocycles. The fourth-order valence-corrected chi connectivity index (χ4v) is 4.24. The van der Waals surface area contributed by atoms with Gasteiger partial charge in [0.15, 0.2) is 17.3 Å². The first-order chi connectivity index (χ1) is 17.7. The van der Waals surface area contributed by atoms with E-state index in [-0.39, 0.29) is 35.6 Å². The van der Waals surface area contributed by atoms with E-state index >= 15 is 0 Å². The third kappa shape index (κ3) is 4.68. The summed E-state index contributed by atoms with van der Waals surface area (Å²) in [4.78, 5) is 29.6. The number of aliphatic imine (C=N–C) groups is 1. The van der Waals surface area contributed by atoms with Gasteiger partial charge in [0, 0.05) is 23.4 Å². The fraction of sp³-hybridized carbons (Fsp3) is 0.269. The normalized spacial score (nSPS) is 12.0. The lowest BCUT2D eigenvalue weighted by Gasteiger charge is -2.13. The maximum absolute atomic E-state index is 14.7. The Labute approximate surface area is 211 Å². The maximum atomic E-state index is 14.7. The number of nitrogens with one attached hydrogen (secondary N) is 1. The van der Waals surface area contributed by atoms with Crippen molar-refractivity contribution in [3.05, 3.63) is 58.7 Å². The molecule has 11 heteroatoms. The summed E-state index contributed by atoms with van der Waals surface area (Å²) in [5, 5.41) is 8.21. The number of rotatable bonds is 5. The van der Waals surface area contributed by atoms with E-state index in [9.17, 15) is 8.78 Å². The van der Waals surface area contributed by atoms with E-state index in [0.717, 1.165) is 16.7 Å². The van der Waals surface area contributed by atoms with Crippen molar-refractivity contribution in [2.24, 2.45) is 4.99 Å². The van der Waals surface area contributed by atoms with Gasteiger partial charge in [0.05, 0.1) is 17.6 Å². The van der Waals surface area contributed by atoms with E-state index in [1.165, 1.54) is 6.07 Å². The molecule has 0 amide bonds. The zero-order valence-electron chi connectivity index (χ0n) is 20.7. The Morgan fingerprint density at radius 2 is 1.78 bits per heavy atom. The van der Waals surface area contributed by atoms with E-state index in [2.05, 4.69) is 20.3 Å². The van der Waals surface area contributed by atoms with Crippen LogP contribution in [0.1, 0.15) is 56.3 Å². The van der Waals surface area contributed by atoms with E-state index in [1.807, 2.05) is 38.3 Å². The smallest absolute Gasteiger partial charge is 0.373 e. The van der Waals surface area contributed by atoms with E-state index < -0.39 is 11.6 Å². The fourth-order valence-electron chi connectivity index (χ4n) is 4.24. The molecule has 0 atom stereocenters. The lowest BCUT2D eigenvalue weighted by molar-refractivity contribution is -0.191. The lowest BCUT2D eigenvalue weighted by atomic mass is 9.99. The quantitative estimate of drug-likeness (QED) is 0.384. The predicted molar refractivity (Wildman–Crippen MR) is 136 cm³/mol. The van der Waals surface area contributed by atoms with Gasteiger partial charge in [-0.15, -0.1) is 0 Å². The first kappa shape index (κ1) is 25.6. The van der Waals surface area contributed by atoms with Gasteiger partial charge in [0.1, 0.15) is 11.5 Å². The number of nitrogen functional groups attached to an aromatic ring is 1. The molecule has 0 unspecified atom stereocenters. The molecule has 0 radical (unpaired) electrons. The van der Waals surface area contributed by atoms with Crippen molar-refractivity contribution in [1.82, 2.24) is 19.7 Å². The number of anilines is 3. The average molecular weight is 506 g/mol. The Balaban J connectivity index is 0.00000102. The van der Waals surface area contributed by atoms with Crippen LogP contribution in [0.15, 0.2) is 35.3 Å². The van der Waals surface area contributed by atoms with E-state index in [4.69, 9.17) is 20.4 Å². The Morgan fingerprint density at radius 3 is 2.46 bits per heavy atom. The van der Waals surface area contributed by atoms with Crippen LogP contribution in [-0.2, 0) is 16.1 Å². The van der Waals surface area contributed by atoms with Crippen LogP contribution in [0.5, 0.6) is 0 Å². The minimum absolute atomic E-state index is 0.0247. The molecule has 9 nitrogen and oxygen atoms in total. The zero-order chi connectivity index (χ0) is 26.9. The standard InChI is InChI=1S/C25H25F2N7.CO2/c1-12(2)15-8-9-18(21(27)20(15)26)30-25-31-23(28)19-22(33-34(13(3)4)24(19)32-25)16-7-5-6-14-10-29-11-17(14)16;2-1-3/h5-9,11-13H,10H2,1-4H3,(H3,28,30,31,32);. The van der Waals surface area contributed by atoms with Crippen molar-refractivity contribution < 1.29 is 18.4 Å². The highest BCUT2D eigenvalue weighted by atomic mass is 19.2. The monoisotopic (exact) mass is 505 g/mol. The number of hydrogen-bond acceptors (Lipinski definition) is 8. The third-order valence-corrected chi connectivity index (χ3v) is 5.98. The minimum Gasteiger partial charge on any atom is -0.383 e. The summed E-state index contributed by atoms with van der Waals surface area (Å²) in [5.41, 5.74) is 10.8. The van der Waals surface area contributed by atoms with Gasteiger partial charge in [0.2, 0.25) is 5.95 Å². The van der Waals surface area contributed by atoms with Crippen molar-refractivity contribution in [2.45, 2.75) is 46.2 Å². The summed E-state index contributed by atoms with van der Waals surface area (Å²) in [6, 6.07) is 8.99. The van der Waals surface area contributed by atoms with Gasteiger partial charge in [-0.3, -0.25) is 4.99 Å². The first-order valence-corrected chi connectivity index (χ1v) is 11.6. The lowest BCUT2D eigenvalue weighted by Crippen LogP contribution is -2.08. The number of halogens is 2. The first-order valence-electron chi connectivity index (χ1n) is 11.6. The van der Waals surface area contributed by atoms with Crippen LogP contribution in [0.4, 0.5) is 26.2 Å². The Morgan fingerprint density at radius 1 is 1.05 bits per heavy atom.